The number of carbonyl (C=O) groups excluding carboxylic acids is 1. The molecule has 0 fully saturated rings. The second-order valence-corrected chi connectivity index (χ2v) is 6.07. The van der Waals surface area contributed by atoms with Crippen LogP contribution < -0.4 is 10.6 Å². The van der Waals surface area contributed by atoms with Crippen LogP contribution in [0.5, 0.6) is 0 Å². The van der Waals surface area contributed by atoms with E-state index in [0.717, 1.165) is 27.9 Å². The molecule has 3 heterocycles. The maximum absolute atomic E-state index is 11.7. The number of benzene rings is 1. The summed E-state index contributed by atoms with van der Waals surface area (Å²) in [6.45, 7) is 4.27. The van der Waals surface area contributed by atoms with Gasteiger partial charge in [0, 0.05) is 48.1 Å². The van der Waals surface area contributed by atoms with Crippen LogP contribution in [-0.4, -0.2) is 27.5 Å². The third-order valence-electron chi connectivity index (χ3n) is 4.19. The molecule has 0 spiro atoms. The number of fused-ring (bicyclic) bond motifs is 1. The Kier molecular flexibility index (Phi) is 4.33. The molecule has 7 heteroatoms. The summed E-state index contributed by atoms with van der Waals surface area (Å²) in [5.41, 5.74) is 4.10. The summed E-state index contributed by atoms with van der Waals surface area (Å²) in [5.74, 6) is 1.29. The number of aromatic nitrogens is 3. The minimum absolute atomic E-state index is 0.227. The van der Waals surface area contributed by atoms with Gasteiger partial charge >= 0.3 is 6.03 Å². The van der Waals surface area contributed by atoms with Gasteiger partial charge in [0.1, 0.15) is 11.3 Å². The lowest BCUT2D eigenvalue weighted by Crippen LogP contribution is -2.28. The van der Waals surface area contributed by atoms with E-state index in [1.165, 1.54) is 0 Å². The lowest BCUT2D eigenvalue weighted by molar-refractivity contribution is 0.252. The van der Waals surface area contributed by atoms with Crippen LogP contribution in [0.4, 0.5) is 10.5 Å². The van der Waals surface area contributed by atoms with Gasteiger partial charge < -0.3 is 20.0 Å². The number of hydrogen-bond acceptors (Lipinski definition) is 4. The highest BCUT2D eigenvalue weighted by atomic mass is 16.4. The first-order valence-electron chi connectivity index (χ1n) is 8.71. The van der Waals surface area contributed by atoms with Crippen molar-refractivity contribution in [1.82, 2.24) is 20.3 Å². The van der Waals surface area contributed by atoms with Crippen molar-refractivity contribution in [2.75, 3.05) is 11.9 Å². The average molecular weight is 361 g/mol. The molecule has 0 bridgehead atoms. The molecule has 0 aliphatic rings. The van der Waals surface area contributed by atoms with Crippen molar-refractivity contribution in [3.63, 3.8) is 0 Å². The summed E-state index contributed by atoms with van der Waals surface area (Å²) < 4.78 is 5.93. The standard InChI is InChI=1S/C20H19N5O2/c1-3-21-20(26)25-14-6-4-13(5-7-14)17-18(27-12(2)24-17)15-8-10-22-19-16(15)9-11-23-19/h4-11H,3H2,1-2H3,(H,22,23)(H2,21,25,26). The number of nitrogens with one attached hydrogen (secondary N) is 3. The van der Waals surface area contributed by atoms with Crippen LogP contribution >= 0.6 is 0 Å². The topological polar surface area (TPSA) is 95.8 Å². The third kappa shape index (κ3) is 3.27. The molecule has 4 aromatic rings. The summed E-state index contributed by atoms with van der Waals surface area (Å²) in [7, 11) is 0. The summed E-state index contributed by atoms with van der Waals surface area (Å²) >= 11 is 0. The van der Waals surface area contributed by atoms with Gasteiger partial charge in [-0.25, -0.2) is 14.8 Å². The molecule has 3 N–H and O–H groups in total. The fourth-order valence-corrected chi connectivity index (χ4v) is 3.01. The molecular formula is C20H19N5O2. The number of nitrogens with zero attached hydrogens (tertiary/aromatic N) is 2. The lowest BCUT2D eigenvalue weighted by Gasteiger charge is -2.07. The van der Waals surface area contributed by atoms with E-state index in [9.17, 15) is 4.79 Å². The Morgan fingerprint density at radius 3 is 2.78 bits per heavy atom. The molecule has 3 aromatic heterocycles. The smallest absolute Gasteiger partial charge is 0.319 e. The molecule has 0 unspecified atom stereocenters. The first-order chi connectivity index (χ1) is 13.2. The van der Waals surface area contributed by atoms with Crippen LogP contribution in [0.15, 0.2) is 53.2 Å². The zero-order valence-electron chi connectivity index (χ0n) is 15.0. The Labute approximate surface area is 155 Å². The van der Waals surface area contributed by atoms with E-state index < -0.39 is 0 Å². The minimum Gasteiger partial charge on any atom is -0.440 e. The van der Waals surface area contributed by atoms with E-state index in [2.05, 4.69) is 25.6 Å². The minimum atomic E-state index is -0.227. The molecular weight excluding hydrogens is 342 g/mol. The Morgan fingerprint density at radius 2 is 2.00 bits per heavy atom. The number of rotatable bonds is 4. The second-order valence-electron chi connectivity index (χ2n) is 6.07. The number of aromatic amines is 1. The van der Waals surface area contributed by atoms with Gasteiger partial charge in [0.15, 0.2) is 11.7 Å². The Bertz CT molecular complexity index is 1100. The van der Waals surface area contributed by atoms with Crippen LogP contribution in [0.3, 0.4) is 0 Å². The van der Waals surface area contributed by atoms with Gasteiger partial charge in [0.05, 0.1) is 0 Å². The first-order valence-corrected chi connectivity index (χ1v) is 8.71. The van der Waals surface area contributed by atoms with Crippen LogP contribution in [0.1, 0.15) is 12.8 Å². The summed E-state index contributed by atoms with van der Waals surface area (Å²) in [5, 5.41) is 6.47. The maximum atomic E-state index is 11.7. The van der Waals surface area contributed by atoms with E-state index in [1.807, 2.05) is 56.4 Å². The van der Waals surface area contributed by atoms with Gasteiger partial charge in [-0.1, -0.05) is 12.1 Å². The molecule has 2 amide bonds. The van der Waals surface area contributed by atoms with Crippen molar-refractivity contribution in [3.8, 4) is 22.6 Å². The highest BCUT2D eigenvalue weighted by Crippen LogP contribution is 2.36. The van der Waals surface area contributed by atoms with Crippen LogP contribution in [0, 0.1) is 6.92 Å². The second kappa shape index (κ2) is 6.95. The van der Waals surface area contributed by atoms with Crippen molar-refractivity contribution in [2.45, 2.75) is 13.8 Å². The number of carbonyl (C=O) groups is 1. The molecule has 0 saturated carbocycles. The van der Waals surface area contributed by atoms with Gasteiger partial charge in [0.2, 0.25) is 0 Å². The van der Waals surface area contributed by atoms with Gasteiger partial charge in [-0.15, -0.1) is 0 Å². The molecule has 7 nitrogen and oxygen atoms in total. The SMILES string of the molecule is CCNC(=O)Nc1ccc(-c2nc(C)oc2-c2ccnc3[nH]ccc23)cc1. The summed E-state index contributed by atoms with van der Waals surface area (Å²) in [4.78, 5) is 23.7. The van der Waals surface area contributed by atoms with Crippen molar-refractivity contribution in [1.29, 1.82) is 0 Å². The van der Waals surface area contributed by atoms with Crippen LogP contribution in [0.25, 0.3) is 33.6 Å². The van der Waals surface area contributed by atoms with Gasteiger partial charge in [-0.3, -0.25) is 0 Å². The predicted octanol–water partition coefficient (Wildman–Crippen LogP) is 4.33. The Hall–Kier alpha value is -3.61. The number of pyridine rings is 1. The molecule has 27 heavy (non-hydrogen) atoms. The highest BCUT2D eigenvalue weighted by molar-refractivity contribution is 5.95. The first kappa shape index (κ1) is 16.8. The van der Waals surface area contributed by atoms with E-state index >= 15 is 0 Å². The monoisotopic (exact) mass is 361 g/mol. The fourth-order valence-electron chi connectivity index (χ4n) is 3.01. The van der Waals surface area contributed by atoms with Crippen LogP contribution in [-0.2, 0) is 0 Å². The van der Waals surface area contributed by atoms with E-state index in [1.54, 1.807) is 6.20 Å². The van der Waals surface area contributed by atoms with Crippen molar-refractivity contribution < 1.29 is 9.21 Å². The molecule has 136 valence electrons. The van der Waals surface area contributed by atoms with Crippen molar-refractivity contribution in [2.24, 2.45) is 0 Å². The van der Waals surface area contributed by atoms with Gasteiger partial charge in [-0.05, 0) is 31.2 Å². The number of anilines is 1. The lowest BCUT2D eigenvalue weighted by atomic mass is 10.0. The predicted molar refractivity (Wildman–Crippen MR) is 104 cm³/mol. The van der Waals surface area contributed by atoms with Crippen LogP contribution in [0.2, 0.25) is 0 Å². The number of urea groups is 1. The van der Waals surface area contributed by atoms with Crippen molar-refractivity contribution >= 4 is 22.8 Å². The number of oxazole rings is 1. The summed E-state index contributed by atoms with van der Waals surface area (Å²) in [6, 6.07) is 11.2. The van der Waals surface area contributed by atoms with E-state index in [-0.39, 0.29) is 6.03 Å². The summed E-state index contributed by atoms with van der Waals surface area (Å²) in [6.07, 6.45) is 3.60. The molecule has 4 rings (SSSR count). The van der Waals surface area contributed by atoms with Crippen molar-refractivity contribution in [3.05, 3.63) is 54.7 Å². The Morgan fingerprint density at radius 1 is 1.19 bits per heavy atom. The average Bonchev–Trinajstić information content (AvgIpc) is 3.29. The largest absolute Gasteiger partial charge is 0.440 e. The zero-order chi connectivity index (χ0) is 18.8. The number of aryl methyl sites for hydroxylation is 1. The van der Waals surface area contributed by atoms with Gasteiger partial charge in [0.25, 0.3) is 0 Å². The number of amides is 2. The zero-order valence-corrected chi connectivity index (χ0v) is 15.0. The normalized spacial score (nSPS) is 10.9. The molecule has 0 aliphatic carbocycles. The molecule has 1 aromatic carbocycles. The molecule has 0 atom stereocenters. The number of hydrogen-bond donors (Lipinski definition) is 3. The highest BCUT2D eigenvalue weighted by Gasteiger charge is 2.18. The quantitative estimate of drug-likeness (QED) is 0.504. The third-order valence-corrected chi connectivity index (χ3v) is 4.19. The molecule has 0 radical (unpaired) electrons. The number of H-pyrrole nitrogens is 1. The Balaban J connectivity index is 1.71. The van der Waals surface area contributed by atoms with E-state index in [4.69, 9.17) is 4.42 Å². The molecule has 0 aliphatic heterocycles. The molecule has 0 saturated heterocycles. The van der Waals surface area contributed by atoms with E-state index in [0.29, 0.717) is 23.9 Å². The maximum Gasteiger partial charge on any atom is 0.319 e. The fraction of sp³-hybridized carbons (Fsp3) is 0.150. The van der Waals surface area contributed by atoms with Gasteiger partial charge in [-0.2, -0.15) is 0 Å².